The summed E-state index contributed by atoms with van der Waals surface area (Å²) in [6.45, 7) is 4.17. The minimum Gasteiger partial charge on any atom is -0.378 e. The van der Waals surface area contributed by atoms with Crippen LogP contribution in [0, 0.1) is 6.92 Å². The number of benzene rings is 1. The molecule has 2 nitrogen and oxygen atoms in total. The first-order valence-electron chi connectivity index (χ1n) is 6.50. The summed E-state index contributed by atoms with van der Waals surface area (Å²) in [5, 5.41) is 1.34. The van der Waals surface area contributed by atoms with E-state index >= 15 is 0 Å². The quantitative estimate of drug-likeness (QED) is 0.785. The van der Waals surface area contributed by atoms with Crippen molar-refractivity contribution in [3.63, 3.8) is 0 Å². The first-order valence-corrected chi connectivity index (χ1v) is 6.50. The van der Waals surface area contributed by atoms with Crippen LogP contribution in [0.1, 0.15) is 24.8 Å². The molecule has 2 aromatic rings. The van der Waals surface area contributed by atoms with E-state index in [-0.39, 0.29) is 0 Å². The number of nitrogens with zero attached hydrogens (tertiary/aromatic N) is 1. The van der Waals surface area contributed by atoms with E-state index in [1.165, 1.54) is 29.3 Å². The highest BCUT2D eigenvalue weighted by atomic mass is 16.5. The molecule has 0 bridgehead atoms. The van der Waals surface area contributed by atoms with Crippen molar-refractivity contribution in [1.29, 1.82) is 0 Å². The number of hydrogen-bond donors (Lipinski definition) is 0. The van der Waals surface area contributed by atoms with Gasteiger partial charge in [0.1, 0.15) is 0 Å². The molecule has 0 spiro atoms. The molecule has 3 rings (SSSR count). The average Bonchev–Trinajstić information content (AvgIpc) is 2.94. The first-order chi connectivity index (χ1) is 8.33. The van der Waals surface area contributed by atoms with E-state index in [0.717, 1.165) is 19.6 Å². The fraction of sp³-hybridized carbons (Fsp3) is 0.467. The predicted molar refractivity (Wildman–Crippen MR) is 70.3 cm³/mol. The minimum atomic E-state index is 0.484. The molecular weight excluding hydrogens is 210 g/mol. The smallest absolute Gasteiger partial charge is 0.0593 e. The molecular formula is C15H19NO. The molecule has 0 aliphatic carbocycles. The summed E-state index contributed by atoms with van der Waals surface area (Å²) < 4.78 is 8.02. The maximum atomic E-state index is 5.67. The Bertz CT molecular complexity index is 509. The number of fused-ring (bicyclic) bond motifs is 1. The Labute approximate surface area is 102 Å². The third kappa shape index (κ3) is 2.22. The van der Waals surface area contributed by atoms with Crippen LogP contribution in [-0.2, 0) is 11.3 Å². The van der Waals surface area contributed by atoms with Gasteiger partial charge in [0.15, 0.2) is 0 Å². The van der Waals surface area contributed by atoms with Crippen LogP contribution in [0.2, 0.25) is 0 Å². The summed E-state index contributed by atoms with van der Waals surface area (Å²) >= 11 is 0. The summed E-state index contributed by atoms with van der Waals surface area (Å²) in [7, 11) is 0. The minimum absolute atomic E-state index is 0.484. The molecule has 0 N–H and O–H groups in total. The van der Waals surface area contributed by atoms with Crippen LogP contribution in [0.25, 0.3) is 10.9 Å². The third-order valence-electron chi connectivity index (χ3n) is 3.65. The summed E-state index contributed by atoms with van der Waals surface area (Å²) in [4.78, 5) is 0. The van der Waals surface area contributed by atoms with Crippen molar-refractivity contribution in [2.75, 3.05) is 6.61 Å². The molecule has 1 atom stereocenters. The van der Waals surface area contributed by atoms with Gasteiger partial charge in [0.25, 0.3) is 0 Å². The van der Waals surface area contributed by atoms with Crippen LogP contribution >= 0.6 is 0 Å². The Hall–Kier alpha value is -1.28. The molecule has 0 radical (unpaired) electrons. The van der Waals surface area contributed by atoms with Crippen molar-refractivity contribution in [2.24, 2.45) is 0 Å². The maximum absolute atomic E-state index is 5.67. The van der Waals surface area contributed by atoms with E-state index in [9.17, 15) is 0 Å². The normalized spacial score (nSPS) is 20.2. The molecule has 1 saturated heterocycles. The predicted octanol–water partition coefficient (Wildman–Crippen LogP) is 3.52. The average molecular weight is 229 g/mol. The molecule has 0 saturated carbocycles. The van der Waals surface area contributed by atoms with Crippen LogP contribution in [0.15, 0.2) is 30.5 Å². The van der Waals surface area contributed by atoms with Crippen LogP contribution in [0.5, 0.6) is 0 Å². The van der Waals surface area contributed by atoms with Gasteiger partial charge in [-0.2, -0.15) is 0 Å². The second kappa shape index (κ2) is 4.53. The van der Waals surface area contributed by atoms with E-state index in [1.807, 2.05) is 0 Å². The van der Waals surface area contributed by atoms with Gasteiger partial charge in [-0.3, -0.25) is 0 Å². The molecule has 1 aliphatic rings. The molecule has 1 aromatic carbocycles. The zero-order valence-electron chi connectivity index (χ0n) is 10.4. The lowest BCUT2D eigenvalue weighted by Crippen LogP contribution is -2.09. The second-order valence-electron chi connectivity index (χ2n) is 5.00. The van der Waals surface area contributed by atoms with E-state index < -0.39 is 0 Å². The summed E-state index contributed by atoms with van der Waals surface area (Å²) in [6.07, 6.45) is 6.28. The van der Waals surface area contributed by atoms with E-state index in [0.29, 0.717) is 6.10 Å². The zero-order chi connectivity index (χ0) is 11.7. The van der Waals surface area contributed by atoms with Gasteiger partial charge in [0.2, 0.25) is 0 Å². The monoisotopic (exact) mass is 229 g/mol. The molecule has 2 heteroatoms. The van der Waals surface area contributed by atoms with Gasteiger partial charge < -0.3 is 9.30 Å². The van der Waals surface area contributed by atoms with E-state index in [1.54, 1.807) is 0 Å². The van der Waals surface area contributed by atoms with Crippen LogP contribution < -0.4 is 0 Å². The highest BCUT2D eigenvalue weighted by Crippen LogP contribution is 2.20. The molecule has 1 unspecified atom stereocenters. The van der Waals surface area contributed by atoms with Gasteiger partial charge in [-0.15, -0.1) is 0 Å². The number of hydrogen-bond acceptors (Lipinski definition) is 1. The molecule has 2 heterocycles. The van der Waals surface area contributed by atoms with E-state index in [4.69, 9.17) is 4.74 Å². The Morgan fingerprint density at radius 1 is 1.35 bits per heavy atom. The molecule has 1 aromatic heterocycles. The van der Waals surface area contributed by atoms with Crippen molar-refractivity contribution >= 4 is 10.9 Å². The number of aryl methyl sites for hydroxylation is 2. The lowest BCUT2D eigenvalue weighted by molar-refractivity contribution is 0.101. The van der Waals surface area contributed by atoms with Crippen LogP contribution in [0.3, 0.4) is 0 Å². The lowest BCUT2D eigenvalue weighted by atomic mass is 10.1. The Morgan fingerprint density at radius 3 is 3.12 bits per heavy atom. The SMILES string of the molecule is Cc1ccc2ccn(CCC3CCCO3)c2c1. The molecule has 1 aliphatic heterocycles. The van der Waals surface area contributed by atoms with Gasteiger partial charge in [-0.25, -0.2) is 0 Å². The summed E-state index contributed by atoms with van der Waals surface area (Å²) in [5.74, 6) is 0. The molecule has 17 heavy (non-hydrogen) atoms. The molecule has 1 fully saturated rings. The van der Waals surface area contributed by atoms with Gasteiger partial charge in [0, 0.05) is 24.9 Å². The van der Waals surface area contributed by atoms with Crippen molar-refractivity contribution in [1.82, 2.24) is 4.57 Å². The van der Waals surface area contributed by atoms with Crippen molar-refractivity contribution in [3.05, 3.63) is 36.0 Å². The Kier molecular flexibility index (Phi) is 2.89. The van der Waals surface area contributed by atoms with Crippen molar-refractivity contribution in [2.45, 2.75) is 38.8 Å². The fourth-order valence-corrected chi connectivity index (χ4v) is 2.64. The topological polar surface area (TPSA) is 14.2 Å². The number of rotatable bonds is 3. The lowest BCUT2D eigenvalue weighted by Gasteiger charge is -2.11. The molecule has 0 amide bonds. The molecule has 90 valence electrons. The summed E-state index contributed by atoms with van der Waals surface area (Å²) in [5.41, 5.74) is 2.68. The standard InChI is InChI=1S/C15H19NO/c1-12-4-5-13-6-8-16(15(13)11-12)9-7-14-3-2-10-17-14/h4-6,8,11,14H,2-3,7,9-10H2,1H3. The van der Waals surface area contributed by atoms with Gasteiger partial charge in [-0.05, 0) is 49.3 Å². The Balaban J connectivity index is 1.77. The highest BCUT2D eigenvalue weighted by molar-refractivity contribution is 5.80. The first kappa shape index (κ1) is 10.8. The summed E-state index contributed by atoms with van der Waals surface area (Å²) in [6, 6.07) is 8.84. The number of aromatic nitrogens is 1. The number of ether oxygens (including phenoxy) is 1. The van der Waals surface area contributed by atoms with Crippen molar-refractivity contribution in [3.8, 4) is 0 Å². The fourth-order valence-electron chi connectivity index (χ4n) is 2.64. The second-order valence-corrected chi connectivity index (χ2v) is 5.00. The van der Waals surface area contributed by atoms with E-state index in [2.05, 4.69) is 42.0 Å². The maximum Gasteiger partial charge on any atom is 0.0593 e. The van der Waals surface area contributed by atoms with Crippen molar-refractivity contribution < 1.29 is 4.74 Å². The van der Waals surface area contributed by atoms with Gasteiger partial charge in [-0.1, -0.05) is 12.1 Å². The zero-order valence-corrected chi connectivity index (χ0v) is 10.4. The highest BCUT2D eigenvalue weighted by Gasteiger charge is 2.15. The van der Waals surface area contributed by atoms with Gasteiger partial charge >= 0.3 is 0 Å². The largest absolute Gasteiger partial charge is 0.378 e. The van der Waals surface area contributed by atoms with Crippen LogP contribution in [0.4, 0.5) is 0 Å². The van der Waals surface area contributed by atoms with Crippen LogP contribution in [-0.4, -0.2) is 17.3 Å². The Morgan fingerprint density at radius 2 is 2.29 bits per heavy atom. The van der Waals surface area contributed by atoms with Gasteiger partial charge in [0.05, 0.1) is 6.10 Å². The third-order valence-corrected chi connectivity index (χ3v) is 3.65.